The molecule has 0 bridgehead atoms. The first-order valence-corrected chi connectivity index (χ1v) is 7.45. The van der Waals surface area contributed by atoms with E-state index in [2.05, 4.69) is 0 Å². The van der Waals surface area contributed by atoms with Gasteiger partial charge in [-0.2, -0.15) is 11.8 Å². The lowest BCUT2D eigenvalue weighted by atomic mass is 10.4. The highest BCUT2D eigenvalue weighted by atomic mass is 32.2. The second-order valence-electron chi connectivity index (χ2n) is 1.56. The molecule has 1 aromatic rings. The van der Waals surface area contributed by atoms with Crippen molar-refractivity contribution in [2.45, 2.75) is 41.5 Å². The van der Waals surface area contributed by atoms with Gasteiger partial charge in [-0.25, -0.2) is 0 Å². The van der Waals surface area contributed by atoms with Crippen molar-refractivity contribution in [3.8, 4) is 0 Å². The molecule has 0 amide bonds. The van der Waals surface area contributed by atoms with E-state index in [1.54, 1.807) is 11.8 Å². The van der Waals surface area contributed by atoms with E-state index in [1.165, 1.54) is 0 Å². The topological polar surface area (TPSA) is 0 Å². The van der Waals surface area contributed by atoms with E-state index in [1.807, 2.05) is 90.5 Å². The van der Waals surface area contributed by atoms with Crippen LogP contribution in [0.15, 0.2) is 36.4 Å². The van der Waals surface area contributed by atoms with Crippen LogP contribution in [0.5, 0.6) is 0 Å². The maximum atomic E-state index is 2.04. The molecule has 0 spiro atoms. The standard InChI is InChI=1S/C6H6.C2H6S.3C2H6/c1-2-4-6-5-3-1;1-3-2;3*1-2/h1-6H;1-2H3;3*1-2H3. The number of hydrogen-bond acceptors (Lipinski definition) is 1. The molecule has 0 saturated carbocycles. The van der Waals surface area contributed by atoms with Crippen LogP contribution in [-0.2, 0) is 0 Å². The molecule has 1 aromatic carbocycles. The highest BCUT2D eigenvalue weighted by molar-refractivity contribution is 7.97. The van der Waals surface area contributed by atoms with Crippen molar-refractivity contribution in [2.75, 3.05) is 12.5 Å². The molecule has 0 aliphatic rings. The van der Waals surface area contributed by atoms with E-state index >= 15 is 0 Å². The highest BCUT2D eigenvalue weighted by Gasteiger charge is 1.57. The SMILES string of the molecule is CC.CC.CC.CSC.c1ccccc1. The Balaban J connectivity index is -0.0000000585. The number of hydrogen-bond donors (Lipinski definition) is 0. The molecule has 15 heavy (non-hydrogen) atoms. The third-order valence-electron chi connectivity index (χ3n) is 0.667. The molecule has 1 heteroatoms. The van der Waals surface area contributed by atoms with Crippen molar-refractivity contribution < 1.29 is 0 Å². The molecule has 0 aliphatic carbocycles. The fourth-order valence-corrected chi connectivity index (χ4v) is 0.385. The van der Waals surface area contributed by atoms with Gasteiger partial charge in [0.2, 0.25) is 0 Å². The minimum atomic E-state index is 1.75. The predicted octanol–water partition coefficient (Wildman–Crippen LogP) is 5.74. The normalized spacial score (nSPS) is 5.60. The van der Waals surface area contributed by atoms with Gasteiger partial charge in [0.1, 0.15) is 0 Å². The second kappa shape index (κ2) is 49.7. The lowest BCUT2D eigenvalue weighted by Crippen LogP contribution is -1.47. The van der Waals surface area contributed by atoms with E-state index in [0.29, 0.717) is 0 Å². The van der Waals surface area contributed by atoms with Gasteiger partial charge in [0.15, 0.2) is 0 Å². The Labute approximate surface area is 102 Å². The Hall–Kier alpha value is -0.430. The van der Waals surface area contributed by atoms with Crippen LogP contribution in [0.1, 0.15) is 41.5 Å². The first-order valence-electron chi connectivity index (χ1n) is 5.82. The molecule has 0 N–H and O–H groups in total. The van der Waals surface area contributed by atoms with E-state index in [0.717, 1.165) is 0 Å². The molecule has 0 radical (unpaired) electrons. The van der Waals surface area contributed by atoms with E-state index in [9.17, 15) is 0 Å². The zero-order chi connectivity index (χ0) is 12.9. The van der Waals surface area contributed by atoms with E-state index < -0.39 is 0 Å². The van der Waals surface area contributed by atoms with Gasteiger partial charge in [-0.05, 0) is 12.5 Å². The quantitative estimate of drug-likeness (QED) is 0.547. The Morgan fingerprint density at radius 1 is 0.467 bits per heavy atom. The maximum absolute atomic E-state index is 2.04. The average molecular weight is 230 g/mol. The molecule has 0 unspecified atom stereocenters. The molecular formula is C14H30S. The number of thioether (sulfide) groups is 1. The summed E-state index contributed by atoms with van der Waals surface area (Å²) < 4.78 is 0. The van der Waals surface area contributed by atoms with Crippen molar-refractivity contribution >= 4 is 11.8 Å². The summed E-state index contributed by atoms with van der Waals surface area (Å²) in [5, 5.41) is 0. The monoisotopic (exact) mass is 230 g/mol. The summed E-state index contributed by atoms with van der Waals surface area (Å²) in [7, 11) is 0. The molecule has 1 rings (SSSR count). The molecule has 92 valence electrons. The van der Waals surface area contributed by atoms with Gasteiger partial charge < -0.3 is 0 Å². The summed E-state index contributed by atoms with van der Waals surface area (Å²) >= 11 is 1.75. The maximum Gasteiger partial charge on any atom is -0.0187 e. The Bertz CT molecular complexity index is 88.2. The zero-order valence-electron chi connectivity index (χ0n) is 11.9. The van der Waals surface area contributed by atoms with Crippen LogP contribution >= 0.6 is 11.8 Å². The largest absolute Gasteiger partial charge is 0.169 e. The fraction of sp³-hybridized carbons (Fsp3) is 0.571. The zero-order valence-corrected chi connectivity index (χ0v) is 12.7. The van der Waals surface area contributed by atoms with Crippen molar-refractivity contribution in [1.82, 2.24) is 0 Å². The fourth-order valence-electron chi connectivity index (χ4n) is 0.385. The van der Waals surface area contributed by atoms with Crippen LogP contribution in [-0.4, -0.2) is 12.5 Å². The Kier molecular flexibility index (Phi) is 79.5. The molecule has 0 atom stereocenters. The van der Waals surface area contributed by atoms with Gasteiger partial charge in [0, 0.05) is 0 Å². The Morgan fingerprint density at radius 2 is 0.533 bits per heavy atom. The lowest BCUT2D eigenvalue weighted by molar-refractivity contribution is 1.50. The summed E-state index contributed by atoms with van der Waals surface area (Å²) in [6.07, 6.45) is 4.08. The van der Waals surface area contributed by atoms with Gasteiger partial charge in [-0.1, -0.05) is 77.9 Å². The minimum Gasteiger partial charge on any atom is -0.169 e. The number of rotatable bonds is 0. The van der Waals surface area contributed by atoms with Crippen LogP contribution < -0.4 is 0 Å². The van der Waals surface area contributed by atoms with Crippen LogP contribution in [0.2, 0.25) is 0 Å². The first kappa shape index (κ1) is 24.0. The minimum absolute atomic E-state index is 1.75. The van der Waals surface area contributed by atoms with Crippen LogP contribution in [0.4, 0.5) is 0 Å². The van der Waals surface area contributed by atoms with Gasteiger partial charge >= 0.3 is 0 Å². The predicted molar refractivity (Wildman–Crippen MR) is 79.9 cm³/mol. The van der Waals surface area contributed by atoms with Gasteiger partial charge in [-0.3, -0.25) is 0 Å². The summed E-state index contributed by atoms with van der Waals surface area (Å²) in [6.45, 7) is 12.0. The average Bonchev–Trinajstić information content (AvgIpc) is 2.40. The molecule has 0 aliphatic heterocycles. The van der Waals surface area contributed by atoms with Crippen LogP contribution in [0.3, 0.4) is 0 Å². The molecular weight excluding hydrogens is 200 g/mol. The van der Waals surface area contributed by atoms with Crippen LogP contribution in [0, 0.1) is 0 Å². The third-order valence-corrected chi connectivity index (χ3v) is 0.667. The van der Waals surface area contributed by atoms with E-state index in [4.69, 9.17) is 0 Å². The van der Waals surface area contributed by atoms with E-state index in [-0.39, 0.29) is 0 Å². The second-order valence-corrected chi connectivity index (χ2v) is 2.38. The van der Waals surface area contributed by atoms with Crippen molar-refractivity contribution in [3.63, 3.8) is 0 Å². The lowest BCUT2D eigenvalue weighted by Gasteiger charge is -1.69. The molecule has 0 fully saturated rings. The summed E-state index contributed by atoms with van der Waals surface area (Å²) in [6, 6.07) is 12.0. The van der Waals surface area contributed by atoms with Crippen molar-refractivity contribution in [2.24, 2.45) is 0 Å². The third kappa shape index (κ3) is 58.6. The van der Waals surface area contributed by atoms with Gasteiger partial charge in [-0.15, -0.1) is 0 Å². The number of benzene rings is 1. The summed E-state index contributed by atoms with van der Waals surface area (Å²) in [5.41, 5.74) is 0. The Morgan fingerprint density at radius 3 is 0.600 bits per heavy atom. The summed E-state index contributed by atoms with van der Waals surface area (Å²) in [5.74, 6) is 0. The molecule has 0 saturated heterocycles. The van der Waals surface area contributed by atoms with Crippen LogP contribution in [0.25, 0.3) is 0 Å². The van der Waals surface area contributed by atoms with Crippen molar-refractivity contribution in [3.05, 3.63) is 36.4 Å². The first-order chi connectivity index (χ1) is 7.41. The molecule has 0 aromatic heterocycles. The van der Waals surface area contributed by atoms with Gasteiger partial charge in [0.05, 0.1) is 0 Å². The molecule has 0 nitrogen and oxygen atoms in total. The highest BCUT2D eigenvalue weighted by Crippen LogP contribution is 1.79. The molecule has 0 heterocycles. The smallest absolute Gasteiger partial charge is 0.0187 e. The summed E-state index contributed by atoms with van der Waals surface area (Å²) in [4.78, 5) is 0. The van der Waals surface area contributed by atoms with Gasteiger partial charge in [0.25, 0.3) is 0 Å². The van der Waals surface area contributed by atoms with Crippen molar-refractivity contribution in [1.29, 1.82) is 0 Å².